The molecule has 0 aliphatic carbocycles. The Balaban J connectivity index is 1.80. The molecule has 7 heteroatoms. The number of cyclic esters (lactones) is 1. The number of nitrogens with zero attached hydrogens (tertiary/aromatic N) is 2. The van der Waals surface area contributed by atoms with Gasteiger partial charge >= 0.3 is 12.1 Å². The molecule has 0 aromatic heterocycles. The van der Waals surface area contributed by atoms with Crippen molar-refractivity contribution in [3.05, 3.63) is 24.3 Å². The van der Waals surface area contributed by atoms with E-state index in [4.69, 9.17) is 4.74 Å². The Morgan fingerprint density at radius 1 is 1.24 bits per heavy atom. The molecule has 1 aromatic rings. The van der Waals surface area contributed by atoms with E-state index < -0.39 is 24.2 Å². The highest BCUT2D eigenvalue weighted by atomic mass is 32.2. The van der Waals surface area contributed by atoms with Crippen LogP contribution in [0.15, 0.2) is 24.3 Å². The highest BCUT2D eigenvalue weighted by molar-refractivity contribution is 7.99. The number of hydrogen-bond acceptors (Lipinski definition) is 5. The van der Waals surface area contributed by atoms with Crippen molar-refractivity contribution in [3.63, 3.8) is 0 Å². The van der Waals surface area contributed by atoms with E-state index >= 15 is 0 Å². The van der Waals surface area contributed by atoms with Crippen LogP contribution in [0.25, 0.3) is 0 Å². The van der Waals surface area contributed by atoms with Gasteiger partial charge in [-0.15, -0.1) is 0 Å². The van der Waals surface area contributed by atoms with Gasteiger partial charge in [0.05, 0.1) is 6.04 Å². The summed E-state index contributed by atoms with van der Waals surface area (Å²) in [6.07, 6.45) is 0.736. The zero-order valence-corrected chi connectivity index (χ0v) is 15.2. The normalized spacial score (nSPS) is 23.6. The second kappa shape index (κ2) is 7.99. The van der Waals surface area contributed by atoms with Crippen LogP contribution in [0, 0.1) is 0 Å². The second-order valence-corrected chi connectivity index (χ2v) is 7.56. The molecule has 1 aromatic carbocycles. The summed E-state index contributed by atoms with van der Waals surface area (Å²) in [6, 6.07) is 7.33. The predicted octanol–water partition coefficient (Wildman–Crippen LogP) is 3.21. The summed E-state index contributed by atoms with van der Waals surface area (Å²) in [4.78, 5) is 27.6. The number of anilines is 2. The molecule has 6 nitrogen and oxygen atoms in total. The van der Waals surface area contributed by atoms with Crippen LogP contribution in [0.3, 0.4) is 0 Å². The summed E-state index contributed by atoms with van der Waals surface area (Å²) in [5.41, 5.74) is 1.83. The first-order chi connectivity index (χ1) is 12.1. The number of unbranched alkanes of at least 4 members (excludes halogenated alkanes) is 1. The number of benzene rings is 1. The lowest BCUT2D eigenvalue weighted by Gasteiger charge is -2.29. The smallest absolute Gasteiger partial charge is 0.415 e. The summed E-state index contributed by atoms with van der Waals surface area (Å²) >= 11 is 1.96. The molecule has 1 amide bonds. The lowest BCUT2D eigenvalue weighted by atomic mass is 10.0. The van der Waals surface area contributed by atoms with Crippen LogP contribution >= 0.6 is 11.8 Å². The number of hydrogen-bond donors (Lipinski definition) is 1. The van der Waals surface area contributed by atoms with E-state index in [0.717, 1.165) is 43.1 Å². The molecular formula is C18H24N2O4S. The van der Waals surface area contributed by atoms with Gasteiger partial charge in [0.2, 0.25) is 6.10 Å². The van der Waals surface area contributed by atoms with Crippen molar-refractivity contribution < 1.29 is 19.4 Å². The Kier molecular flexibility index (Phi) is 5.73. The molecule has 0 bridgehead atoms. The van der Waals surface area contributed by atoms with Gasteiger partial charge in [-0.2, -0.15) is 11.8 Å². The maximum absolute atomic E-state index is 12.3. The largest absolute Gasteiger partial charge is 0.478 e. The Morgan fingerprint density at radius 2 is 1.88 bits per heavy atom. The molecule has 0 saturated carbocycles. The number of thioether (sulfide) groups is 1. The van der Waals surface area contributed by atoms with E-state index in [1.54, 1.807) is 0 Å². The standard InChI is InChI=1S/C18H24N2O4S/c1-2-3-4-15-16(17(21)22)24-18(23)20(15)14-7-5-13(6-8-14)19-9-11-25-12-10-19/h5-8,15-16H,2-4,9-12H2,1H3,(H,21,22)/t15?,16-/m1/s1. The van der Waals surface area contributed by atoms with Crippen LogP contribution < -0.4 is 9.80 Å². The average Bonchev–Trinajstić information content (AvgIpc) is 2.97. The van der Waals surface area contributed by atoms with E-state index in [1.165, 1.54) is 4.90 Å². The van der Waals surface area contributed by atoms with E-state index in [0.29, 0.717) is 12.1 Å². The average molecular weight is 364 g/mol. The third-order valence-electron chi connectivity index (χ3n) is 4.71. The lowest BCUT2D eigenvalue weighted by molar-refractivity contribution is -0.145. The maximum atomic E-state index is 12.3. The van der Waals surface area contributed by atoms with E-state index in [2.05, 4.69) is 4.90 Å². The Morgan fingerprint density at radius 3 is 2.48 bits per heavy atom. The Labute approximate surface area is 152 Å². The van der Waals surface area contributed by atoms with Crippen LogP contribution in [-0.4, -0.2) is 53.9 Å². The predicted molar refractivity (Wildman–Crippen MR) is 99.7 cm³/mol. The number of carbonyl (C=O) groups is 2. The summed E-state index contributed by atoms with van der Waals surface area (Å²) in [6.45, 7) is 4.09. The van der Waals surface area contributed by atoms with Gasteiger partial charge in [-0.3, -0.25) is 4.90 Å². The molecular weight excluding hydrogens is 340 g/mol. The van der Waals surface area contributed by atoms with Crippen LogP contribution in [0.4, 0.5) is 16.2 Å². The van der Waals surface area contributed by atoms with Crippen molar-refractivity contribution in [2.24, 2.45) is 0 Å². The van der Waals surface area contributed by atoms with Crippen molar-refractivity contribution in [2.45, 2.75) is 38.3 Å². The monoisotopic (exact) mass is 364 g/mol. The zero-order chi connectivity index (χ0) is 17.8. The number of amides is 1. The van der Waals surface area contributed by atoms with E-state index in [-0.39, 0.29) is 0 Å². The van der Waals surface area contributed by atoms with Gasteiger partial charge < -0.3 is 14.7 Å². The minimum atomic E-state index is -1.10. The molecule has 2 aliphatic rings. The minimum absolute atomic E-state index is 0.456. The molecule has 0 radical (unpaired) electrons. The minimum Gasteiger partial charge on any atom is -0.478 e. The molecule has 1 unspecified atom stereocenters. The first-order valence-corrected chi connectivity index (χ1v) is 9.92. The van der Waals surface area contributed by atoms with Crippen molar-refractivity contribution in [2.75, 3.05) is 34.4 Å². The quantitative estimate of drug-likeness (QED) is 0.836. The Bertz CT molecular complexity index is 616. The first kappa shape index (κ1) is 17.9. The molecule has 2 heterocycles. The van der Waals surface area contributed by atoms with Crippen LogP contribution in [-0.2, 0) is 9.53 Å². The highest BCUT2D eigenvalue weighted by Crippen LogP contribution is 2.32. The number of carboxylic acids is 1. The molecule has 1 N–H and O–H groups in total. The summed E-state index contributed by atoms with van der Waals surface area (Å²) < 4.78 is 5.12. The van der Waals surface area contributed by atoms with Crippen molar-refractivity contribution >= 4 is 35.2 Å². The summed E-state index contributed by atoms with van der Waals surface area (Å²) in [7, 11) is 0. The molecule has 136 valence electrons. The van der Waals surface area contributed by atoms with Gasteiger partial charge in [0.15, 0.2) is 0 Å². The maximum Gasteiger partial charge on any atom is 0.415 e. The molecule has 25 heavy (non-hydrogen) atoms. The summed E-state index contributed by atoms with van der Waals surface area (Å²) in [5, 5.41) is 9.37. The first-order valence-electron chi connectivity index (χ1n) is 8.77. The molecule has 2 saturated heterocycles. The van der Waals surface area contributed by atoms with E-state index in [9.17, 15) is 14.7 Å². The third kappa shape index (κ3) is 3.86. The number of rotatable bonds is 6. The van der Waals surface area contributed by atoms with Crippen LogP contribution in [0.2, 0.25) is 0 Å². The lowest BCUT2D eigenvalue weighted by Crippen LogP contribution is -2.40. The molecule has 2 fully saturated rings. The van der Waals surface area contributed by atoms with Crippen LogP contribution in [0.5, 0.6) is 0 Å². The Hall–Kier alpha value is -1.89. The highest BCUT2D eigenvalue weighted by Gasteiger charge is 2.46. The van der Waals surface area contributed by atoms with Crippen molar-refractivity contribution in [1.82, 2.24) is 0 Å². The van der Waals surface area contributed by atoms with Gasteiger partial charge in [-0.1, -0.05) is 19.8 Å². The fraction of sp³-hybridized carbons (Fsp3) is 0.556. The third-order valence-corrected chi connectivity index (χ3v) is 5.65. The fourth-order valence-corrected chi connectivity index (χ4v) is 4.27. The van der Waals surface area contributed by atoms with Gasteiger partial charge in [-0.05, 0) is 30.7 Å². The van der Waals surface area contributed by atoms with Gasteiger partial charge in [-0.25, -0.2) is 9.59 Å². The molecule has 3 rings (SSSR count). The number of carboxylic acid groups (broad SMARTS) is 1. The molecule has 2 atom stereocenters. The fourth-order valence-electron chi connectivity index (χ4n) is 3.37. The number of aliphatic carboxylic acids is 1. The van der Waals surface area contributed by atoms with Gasteiger partial charge in [0.1, 0.15) is 0 Å². The topological polar surface area (TPSA) is 70.1 Å². The van der Waals surface area contributed by atoms with Crippen molar-refractivity contribution in [1.29, 1.82) is 0 Å². The SMILES string of the molecule is CCCCC1[C@H](C(=O)O)OC(=O)N1c1ccc(N2CCSCC2)cc1. The van der Waals surface area contributed by atoms with Gasteiger partial charge in [0, 0.05) is 36.0 Å². The number of carbonyl (C=O) groups excluding carboxylic acids is 1. The summed E-state index contributed by atoms with van der Waals surface area (Å²) in [5.74, 6) is 1.17. The van der Waals surface area contributed by atoms with Crippen molar-refractivity contribution in [3.8, 4) is 0 Å². The second-order valence-electron chi connectivity index (χ2n) is 6.34. The van der Waals surface area contributed by atoms with E-state index in [1.807, 2.05) is 43.0 Å². The molecule has 0 spiro atoms. The number of ether oxygens (including phenoxy) is 1. The van der Waals surface area contributed by atoms with Crippen LogP contribution in [0.1, 0.15) is 26.2 Å². The zero-order valence-electron chi connectivity index (χ0n) is 14.4. The van der Waals surface area contributed by atoms with Gasteiger partial charge in [0.25, 0.3) is 0 Å². The molecule has 2 aliphatic heterocycles.